The van der Waals surface area contributed by atoms with Gasteiger partial charge in [0.05, 0.1) is 0 Å². The van der Waals surface area contributed by atoms with Gasteiger partial charge in [-0.2, -0.15) is 0 Å². The number of benzene rings is 1. The molecule has 21 heavy (non-hydrogen) atoms. The maximum absolute atomic E-state index is 6.37. The number of rotatable bonds is 5. The van der Waals surface area contributed by atoms with E-state index >= 15 is 0 Å². The third-order valence-electron chi connectivity index (χ3n) is 3.57. The van der Waals surface area contributed by atoms with Crippen molar-refractivity contribution in [2.24, 2.45) is 0 Å². The topological polar surface area (TPSA) is 15.3 Å². The largest absolute Gasteiger partial charge is 0.314 e. The van der Waals surface area contributed by atoms with Gasteiger partial charge in [-0.05, 0) is 25.0 Å². The van der Waals surface area contributed by atoms with Crippen LogP contribution in [0.2, 0.25) is 10.0 Å². The molecule has 120 valence electrons. The van der Waals surface area contributed by atoms with E-state index < -0.39 is 0 Å². The van der Waals surface area contributed by atoms with Crippen LogP contribution in [0, 0.1) is 0 Å². The Morgan fingerprint density at radius 2 is 1.76 bits per heavy atom. The lowest BCUT2D eigenvalue weighted by molar-refractivity contribution is 0.166. The minimum Gasteiger partial charge on any atom is -0.314 e. The highest BCUT2D eigenvalue weighted by Crippen LogP contribution is 2.36. The first-order valence-corrected chi connectivity index (χ1v) is 7.49. The smallest absolute Gasteiger partial charge is 0.0468 e. The normalized spacial score (nSPS) is 16.5. The van der Waals surface area contributed by atoms with Crippen LogP contribution >= 0.6 is 48.0 Å². The molecule has 0 radical (unpaired) electrons. The monoisotopic (exact) mass is 370 g/mol. The lowest BCUT2D eigenvalue weighted by atomic mass is 9.99. The Morgan fingerprint density at radius 3 is 2.29 bits per heavy atom. The van der Waals surface area contributed by atoms with Gasteiger partial charge in [-0.3, -0.25) is 4.90 Å². The SMILES string of the molecule is C=CCC[C@@H](c1c(Cl)cccc1Cl)N1CCNCC1.Cl.Cl. The molecular formula is C15H22Cl4N2. The summed E-state index contributed by atoms with van der Waals surface area (Å²) in [5, 5.41) is 4.91. The predicted molar refractivity (Wildman–Crippen MR) is 97.6 cm³/mol. The molecule has 2 nitrogen and oxygen atoms in total. The molecule has 0 aromatic heterocycles. The van der Waals surface area contributed by atoms with Crippen molar-refractivity contribution in [2.75, 3.05) is 26.2 Å². The summed E-state index contributed by atoms with van der Waals surface area (Å²) in [4.78, 5) is 2.47. The molecule has 0 bridgehead atoms. The second-order valence-electron chi connectivity index (χ2n) is 4.80. The van der Waals surface area contributed by atoms with E-state index in [0.29, 0.717) is 0 Å². The lowest BCUT2D eigenvalue weighted by Crippen LogP contribution is -2.45. The number of allylic oxidation sites excluding steroid dienone is 1. The summed E-state index contributed by atoms with van der Waals surface area (Å²) in [6.07, 6.45) is 3.93. The summed E-state index contributed by atoms with van der Waals surface area (Å²) in [7, 11) is 0. The highest BCUT2D eigenvalue weighted by molar-refractivity contribution is 6.36. The quantitative estimate of drug-likeness (QED) is 0.751. The Kier molecular flexibility index (Phi) is 10.7. The summed E-state index contributed by atoms with van der Waals surface area (Å²) in [5.41, 5.74) is 1.06. The third kappa shape index (κ3) is 5.63. The van der Waals surface area contributed by atoms with Gasteiger partial charge in [0.1, 0.15) is 0 Å². The van der Waals surface area contributed by atoms with Crippen LogP contribution in [0.15, 0.2) is 30.9 Å². The van der Waals surface area contributed by atoms with Gasteiger partial charge in [0, 0.05) is 47.8 Å². The van der Waals surface area contributed by atoms with E-state index in [1.54, 1.807) is 0 Å². The summed E-state index contributed by atoms with van der Waals surface area (Å²) in [5.74, 6) is 0. The van der Waals surface area contributed by atoms with Crippen molar-refractivity contribution in [2.45, 2.75) is 18.9 Å². The molecular weight excluding hydrogens is 350 g/mol. The zero-order valence-corrected chi connectivity index (χ0v) is 15.0. The van der Waals surface area contributed by atoms with Crippen LogP contribution in [0.25, 0.3) is 0 Å². The molecule has 0 aliphatic carbocycles. The van der Waals surface area contributed by atoms with Crippen molar-refractivity contribution in [1.29, 1.82) is 0 Å². The molecule has 0 spiro atoms. The van der Waals surface area contributed by atoms with Crippen molar-refractivity contribution < 1.29 is 0 Å². The molecule has 0 unspecified atom stereocenters. The van der Waals surface area contributed by atoms with Crippen LogP contribution in [0.1, 0.15) is 24.4 Å². The molecule has 1 N–H and O–H groups in total. The number of piperazine rings is 1. The fraction of sp³-hybridized carbons (Fsp3) is 0.467. The molecule has 1 aromatic carbocycles. The standard InChI is InChI=1S/C15H20Cl2N2.2ClH/c1-2-3-7-14(19-10-8-18-9-11-19)15-12(16)5-4-6-13(15)17;;/h2,4-6,14,18H,1,3,7-11H2;2*1H/t14-;;/m0../s1. The van der Waals surface area contributed by atoms with Gasteiger partial charge < -0.3 is 5.32 Å². The Morgan fingerprint density at radius 1 is 1.19 bits per heavy atom. The molecule has 1 fully saturated rings. The molecule has 1 heterocycles. The maximum atomic E-state index is 6.37. The zero-order chi connectivity index (χ0) is 13.7. The van der Waals surface area contributed by atoms with E-state index in [9.17, 15) is 0 Å². The van der Waals surface area contributed by atoms with Gasteiger partial charge in [-0.25, -0.2) is 0 Å². The summed E-state index contributed by atoms with van der Waals surface area (Å²) in [6.45, 7) is 7.92. The minimum atomic E-state index is 0. The molecule has 1 aromatic rings. The fourth-order valence-electron chi connectivity index (χ4n) is 2.61. The number of hydrogen-bond acceptors (Lipinski definition) is 2. The molecule has 2 rings (SSSR count). The van der Waals surface area contributed by atoms with Crippen molar-refractivity contribution >= 4 is 48.0 Å². The van der Waals surface area contributed by atoms with Crippen LogP contribution in [0.5, 0.6) is 0 Å². The molecule has 0 amide bonds. The number of hydrogen-bond donors (Lipinski definition) is 1. The van der Waals surface area contributed by atoms with Gasteiger partial charge in [0.25, 0.3) is 0 Å². The summed E-state index contributed by atoms with van der Waals surface area (Å²) < 4.78 is 0. The Balaban J connectivity index is 0.00000200. The van der Waals surface area contributed by atoms with E-state index in [0.717, 1.165) is 54.6 Å². The Bertz CT molecular complexity index is 413. The molecule has 1 saturated heterocycles. The Hall–Kier alpha value is 0.0400. The van der Waals surface area contributed by atoms with Gasteiger partial charge in [0.2, 0.25) is 0 Å². The number of nitrogens with zero attached hydrogens (tertiary/aromatic N) is 1. The van der Waals surface area contributed by atoms with E-state index in [1.165, 1.54) is 0 Å². The van der Waals surface area contributed by atoms with Crippen LogP contribution in [0.3, 0.4) is 0 Å². The van der Waals surface area contributed by atoms with Crippen LogP contribution in [-0.2, 0) is 0 Å². The first-order valence-electron chi connectivity index (χ1n) is 6.73. The molecule has 1 aliphatic rings. The summed E-state index contributed by atoms with van der Waals surface area (Å²) in [6, 6.07) is 6.02. The average Bonchev–Trinajstić information content (AvgIpc) is 2.43. The van der Waals surface area contributed by atoms with Crippen LogP contribution in [0.4, 0.5) is 0 Å². The van der Waals surface area contributed by atoms with Gasteiger partial charge in [-0.15, -0.1) is 31.4 Å². The van der Waals surface area contributed by atoms with Crippen molar-refractivity contribution in [3.63, 3.8) is 0 Å². The number of halogens is 4. The Labute approximate surface area is 149 Å². The highest BCUT2D eigenvalue weighted by atomic mass is 35.5. The average molecular weight is 372 g/mol. The van der Waals surface area contributed by atoms with Crippen LogP contribution < -0.4 is 5.32 Å². The molecule has 0 saturated carbocycles. The molecule has 1 atom stereocenters. The third-order valence-corrected chi connectivity index (χ3v) is 4.23. The van der Waals surface area contributed by atoms with E-state index in [-0.39, 0.29) is 30.9 Å². The predicted octanol–water partition coefficient (Wildman–Crippen LogP) is 4.75. The molecule has 6 heteroatoms. The first-order chi connectivity index (χ1) is 9.24. The van der Waals surface area contributed by atoms with Gasteiger partial charge in [-0.1, -0.05) is 35.3 Å². The molecule has 1 aliphatic heterocycles. The van der Waals surface area contributed by atoms with Crippen molar-refractivity contribution in [1.82, 2.24) is 10.2 Å². The fourth-order valence-corrected chi connectivity index (χ4v) is 3.26. The van der Waals surface area contributed by atoms with Gasteiger partial charge >= 0.3 is 0 Å². The minimum absolute atomic E-state index is 0. The summed E-state index contributed by atoms with van der Waals surface area (Å²) >= 11 is 12.7. The second kappa shape index (κ2) is 10.7. The van der Waals surface area contributed by atoms with Crippen molar-refractivity contribution in [3.05, 3.63) is 46.5 Å². The first kappa shape index (κ1) is 21.0. The van der Waals surface area contributed by atoms with E-state index in [4.69, 9.17) is 23.2 Å². The lowest BCUT2D eigenvalue weighted by Gasteiger charge is -2.36. The zero-order valence-electron chi connectivity index (χ0n) is 11.9. The van der Waals surface area contributed by atoms with Crippen molar-refractivity contribution in [3.8, 4) is 0 Å². The van der Waals surface area contributed by atoms with E-state index in [2.05, 4.69) is 16.8 Å². The number of nitrogens with one attached hydrogen (secondary N) is 1. The highest BCUT2D eigenvalue weighted by Gasteiger charge is 2.25. The second-order valence-corrected chi connectivity index (χ2v) is 5.62. The van der Waals surface area contributed by atoms with Crippen LogP contribution in [-0.4, -0.2) is 31.1 Å². The van der Waals surface area contributed by atoms with E-state index in [1.807, 2.05) is 24.3 Å². The maximum Gasteiger partial charge on any atom is 0.0468 e. The van der Waals surface area contributed by atoms with Gasteiger partial charge in [0.15, 0.2) is 0 Å².